The molecule has 2 heteroatoms. The third kappa shape index (κ3) is 0.798. The average molecular weight is 178 g/mol. The molecule has 0 aromatic carbocycles. The monoisotopic (exact) mass is 178 g/mol. The molecule has 1 spiro atoms. The topological polar surface area (TPSA) is 26.3 Å². The first kappa shape index (κ1) is 7.74. The molecule has 3 aliphatic rings. The first-order valence-electron chi connectivity index (χ1n) is 5.12. The van der Waals surface area contributed by atoms with Gasteiger partial charge in [-0.3, -0.25) is 4.79 Å². The van der Waals surface area contributed by atoms with Crippen molar-refractivity contribution in [2.24, 2.45) is 5.92 Å². The molecule has 3 atom stereocenters. The summed E-state index contributed by atoms with van der Waals surface area (Å²) in [5.41, 5.74) is 1.11. The van der Waals surface area contributed by atoms with Crippen LogP contribution in [0.15, 0.2) is 12.2 Å². The number of carbonyl (C=O) groups is 1. The van der Waals surface area contributed by atoms with E-state index in [2.05, 4.69) is 6.58 Å². The highest BCUT2D eigenvalue weighted by atomic mass is 16.5. The van der Waals surface area contributed by atoms with Crippen LogP contribution in [0.1, 0.15) is 32.1 Å². The van der Waals surface area contributed by atoms with Crippen LogP contribution in [0, 0.1) is 5.92 Å². The molecule has 1 saturated carbocycles. The van der Waals surface area contributed by atoms with Crippen LogP contribution in [0.2, 0.25) is 0 Å². The van der Waals surface area contributed by atoms with Gasteiger partial charge in [-0.2, -0.15) is 0 Å². The summed E-state index contributed by atoms with van der Waals surface area (Å²) in [4.78, 5) is 11.5. The molecule has 3 rings (SSSR count). The Morgan fingerprint density at radius 1 is 1.46 bits per heavy atom. The maximum absolute atomic E-state index is 11.5. The molecule has 13 heavy (non-hydrogen) atoms. The largest absolute Gasteiger partial charge is 0.359 e. The minimum absolute atomic E-state index is 0.0374. The number of carbonyl (C=O) groups excluding carboxylic acids is 1. The normalized spacial score (nSPS) is 48.3. The number of fused-ring (bicyclic) bond motifs is 1. The highest BCUT2D eigenvalue weighted by Gasteiger charge is 2.57. The van der Waals surface area contributed by atoms with Gasteiger partial charge >= 0.3 is 0 Å². The molecule has 70 valence electrons. The highest BCUT2D eigenvalue weighted by Crippen LogP contribution is 2.55. The van der Waals surface area contributed by atoms with Crippen LogP contribution in [0.3, 0.4) is 0 Å². The van der Waals surface area contributed by atoms with E-state index in [1.54, 1.807) is 0 Å². The van der Waals surface area contributed by atoms with E-state index in [1.165, 1.54) is 12.8 Å². The molecule has 2 heterocycles. The van der Waals surface area contributed by atoms with E-state index in [0.29, 0.717) is 12.3 Å². The smallest absolute Gasteiger partial charge is 0.165 e. The van der Waals surface area contributed by atoms with Gasteiger partial charge in [-0.25, -0.2) is 0 Å². The first-order valence-corrected chi connectivity index (χ1v) is 5.12. The van der Waals surface area contributed by atoms with Crippen molar-refractivity contribution in [2.75, 3.05) is 0 Å². The summed E-state index contributed by atoms with van der Waals surface area (Å²) in [6.45, 7) is 4.04. The van der Waals surface area contributed by atoms with E-state index in [1.807, 2.05) is 0 Å². The van der Waals surface area contributed by atoms with Gasteiger partial charge in [0.25, 0.3) is 0 Å². The second-order valence-corrected chi connectivity index (χ2v) is 4.55. The zero-order chi connectivity index (χ0) is 9.05. The SMILES string of the molecule is C=C1[C@H]2O[C@]3(CCC[C@@H]13)CCC2=O. The van der Waals surface area contributed by atoms with Crippen molar-refractivity contribution in [1.82, 2.24) is 0 Å². The molecule has 0 aromatic heterocycles. The van der Waals surface area contributed by atoms with Crippen molar-refractivity contribution in [3.63, 3.8) is 0 Å². The number of Topliss-reactive ketones (excluding diaryl/α,β-unsaturated/α-hetero) is 1. The number of ketones is 1. The van der Waals surface area contributed by atoms with Crippen LogP contribution in [-0.2, 0) is 9.53 Å². The Labute approximate surface area is 78.0 Å². The molecule has 2 aliphatic heterocycles. The predicted octanol–water partition coefficient (Wildman–Crippen LogP) is 1.84. The van der Waals surface area contributed by atoms with Crippen LogP contribution in [0.5, 0.6) is 0 Å². The lowest BCUT2D eigenvalue weighted by Crippen LogP contribution is -2.38. The lowest BCUT2D eigenvalue weighted by Gasteiger charge is -2.31. The minimum atomic E-state index is -0.237. The van der Waals surface area contributed by atoms with Crippen molar-refractivity contribution in [1.29, 1.82) is 0 Å². The zero-order valence-electron chi connectivity index (χ0n) is 7.71. The Hall–Kier alpha value is -0.630. The van der Waals surface area contributed by atoms with Crippen molar-refractivity contribution in [2.45, 2.75) is 43.8 Å². The van der Waals surface area contributed by atoms with Gasteiger partial charge in [0, 0.05) is 12.3 Å². The molecule has 1 aliphatic carbocycles. The van der Waals surface area contributed by atoms with Gasteiger partial charge in [-0.1, -0.05) is 6.58 Å². The summed E-state index contributed by atoms with van der Waals surface area (Å²) < 4.78 is 5.88. The molecule has 0 radical (unpaired) electrons. The Morgan fingerprint density at radius 3 is 3.15 bits per heavy atom. The number of hydrogen-bond acceptors (Lipinski definition) is 2. The van der Waals surface area contributed by atoms with Gasteiger partial charge in [0.1, 0.15) is 6.10 Å². The fourth-order valence-electron chi connectivity index (χ4n) is 3.30. The molecule has 2 saturated heterocycles. The van der Waals surface area contributed by atoms with Crippen LogP contribution >= 0.6 is 0 Å². The summed E-state index contributed by atoms with van der Waals surface area (Å²) >= 11 is 0. The average Bonchev–Trinajstić information content (AvgIpc) is 2.60. The van der Waals surface area contributed by atoms with Gasteiger partial charge < -0.3 is 4.74 Å². The number of ether oxygens (including phenoxy) is 1. The third-order valence-electron chi connectivity index (χ3n) is 3.95. The van der Waals surface area contributed by atoms with Gasteiger partial charge in [0.2, 0.25) is 0 Å². The van der Waals surface area contributed by atoms with Crippen molar-refractivity contribution in [3.05, 3.63) is 12.2 Å². The van der Waals surface area contributed by atoms with Crippen molar-refractivity contribution in [3.8, 4) is 0 Å². The Kier molecular flexibility index (Phi) is 1.33. The van der Waals surface area contributed by atoms with Gasteiger partial charge in [-0.05, 0) is 31.3 Å². The van der Waals surface area contributed by atoms with E-state index in [-0.39, 0.29) is 17.5 Å². The first-order chi connectivity index (χ1) is 6.23. The van der Waals surface area contributed by atoms with Gasteiger partial charge in [0.05, 0.1) is 5.60 Å². The van der Waals surface area contributed by atoms with Crippen molar-refractivity contribution >= 4 is 5.78 Å². The summed E-state index contributed by atoms with van der Waals surface area (Å²) in [5, 5.41) is 0. The molecular weight excluding hydrogens is 164 g/mol. The summed E-state index contributed by atoms with van der Waals surface area (Å²) in [6.07, 6.45) is 4.97. The molecule has 0 aromatic rings. The van der Waals surface area contributed by atoms with E-state index < -0.39 is 0 Å². The predicted molar refractivity (Wildman–Crippen MR) is 48.3 cm³/mol. The van der Waals surface area contributed by atoms with Gasteiger partial charge in [-0.15, -0.1) is 0 Å². The standard InChI is InChI=1S/C11H14O2/c1-7-8-3-2-5-11(8)6-4-9(12)10(7)13-11/h8,10H,1-6H2/t8-,10+,11+/m0/s1. The Balaban J connectivity index is 2.04. The molecule has 2 bridgehead atoms. The third-order valence-corrected chi connectivity index (χ3v) is 3.95. The molecule has 0 N–H and O–H groups in total. The molecule has 0 amide bonds. The molecule has 0 unspecified atom stereocenters. The molecular formula is C11H14O2. The van der Waals surface area contributed by atoms with Gasteiger partial charge in [0.15, 0.2) is 5.78 Å². The minimum Gasteiger partial charge on any atom is -0.359 e. The van der Waals surface area contributed by atoms with E-state index in [9.17, 15) is 4.79 Å². The number of hydrogen-bond donors (Lipinski definition) is 0. The maximum atomic E-state index is 11.5. The highest BCUT2D eigenvalue weighted by molar-refractivity contribution is 5.88. The Bertz CT molecular complexity index is 294. The maximum Gasteiger partial charge on any atom is 0.165 e. The second-order valence-electron chi connectivity index (χ2n) is 4.55. The molecule has 3 fully saturated rings. The van der Waals surface area contributed by atoms with E-state index in [4.69, 9.17) is 4.74 Å². The Morgan fingerprint density at radius 2 is 2.31 bits per heavy atom. The fraction of sp³-hybridized carbons (Fsp3) is 0.727. The lowest BCUT2D eigenvalue weighted by atomic mass is 9.86. The van der Waals surface area contributed by atoms with E-state index in [0.717, 1.165) is 18.4 Å². The molecule has 2 nitrogen and oxygen atoms in total. The fourth-order valence-corrected chi connectivity index (χ4v) is 3.30. The number of rotatable bonds is 0. The van der Waals surface area contributed by atoms with Crippen molar-refractivity contribution < 1.29 is 9.53 Å². The second kappa shape index (κ2) is 2.24. The van der Waals surface area contributed by atoms with Crippen LogP contribution in [0.4, 0.5) is 0 Å². The van der Waals surface area contributed by atoms with Crippen LogP contribution < -0.4 is 0 Å². The van der Waals surface area contributed by atoms with E-state index >= 15 is 0 Å². The zero-order valence-corrected chi connectivity index (χ0v) is 7.71. The summed E-state index contributed by atoms with van der Waals surface area (Å²) in [7, 11) is 0. The lowest BCUT2D eigenvalue weighted by molar-refractivity contribution is -0.145. The summed E-state index contributed by atoms with van der Waals surface area (Å²) in [5.74, 6) is 0.744. The quantitative estimate of drug-likeness (QED) is 0.529. The summed E-state index contributed by atoms with van der Waals surface area (Å²) in [6, 6.07) is 0. The van der Waals surface area contributed by atoms with Crippen LogP contribution in [0.25, 0.3) is 0 Å². The van der Waals surface area contributed by atoms with Crippen LogP contribution in [-0.4, -0.2) is 17.5 Å².